The fourth-order valence-electron chi connectivity index (χ4n) is 4.65. The Hall–Kier alpha value is -3.35. The normalized spacial score (nSPS) is 17.5. The van der Waals surface area contributed by atoms with Gasteiger partial charge in [-0.2, -0.15) is 0 Å². The molecule has 5 rings (SSSR count). The summed E-state index contributed by atoms with van der Waals surface area (Å²) in [5, 5.41) is 13.2. The summed E-state index contributed by atoms with van der Waals surface area (Å²) < 4.78 is 11.2. The average molecular weight is 445 g/mol. The first-order chi connectivity index (χ1) is 16.1. The number of hydrogen-bond donors (Lipinski definition) is 1. The Balaban J connectivity index is 1.38. The van der Waals surface area contributed by atoms with Crippen molar-refractivity contribution in [1.29, 1.82) is 0 Å². The standard InChI is InChI=1S/C27H28N2O4/c1-28(27(31)18-33-22-9-10-26-20(15-22)12-14-32-26)25(17-29-13-11-21(30)16-29)24-8-4-6-19-5-2-3-7-23(19)24/h2-10,12,14-15,21,25,30H,11,13,16-18H2,1H3/t21-,25+/m0/s1. The number of likely N-dealkylation sites (N-methyl/N-ethyl adjacent to an activating group) is 1. The van der Waals surface area contributed by atoms with Crippen LogP contribution in [0.5, 0.6) is 5.75 Å². The summed E-state index contributed by atoms with van der Waals surface area (Å²) in [5.41, 5.74) is 1.89. The van der Waals surface area contributed by atoms with Crippen molar-refractivity contribution >= 4 is 27.6 Å². The molecule has 1 fully saturated rings. The lowest BCUT2D eigenvalue weighted by molar-refractivity contribution is -0.134. The fraction of sp³-hybridized carbons (Fsp3) is 0.296. The van der Waals surface area contributed by atoms with Gasteiger partial charge in [-0.05, 0) is 47.0 Å². The van der Waals surface area contributed by atoms with Gasteiger partial charge < -0.3 is 19.2 Å². The largest absolute Gasteiger partial charge is 0.484 e. The summed E-state index contributed by atoms with van der Waals surface area (Å²) in [7, 11) is 1.84. The second-order valence-electron chi connectivity index (χ2n) is 8.70. The number of aliphatic hydroxyl groups excluding tert-OH is 1. The molecule has 1 aliphatic rings. The van der Waals surface area contributed by atoms with E-state index in [0.717, 1.165) is 40.3 Å². The maximum absolute atomic E-state index is 13.2. The Morgan fingerprint density at radius 1 is 1.15 bits per heavy atom. The van der Waals surface area contributed by atoms with Crippen molar-refractivity contribution in [3.8, 4) is 5.75 Å². The zero-order valence-electron chi connectivity index (χ0n) is 18.7. The molecule has 3 aromatic carbocycles. The van der Waals surface area contributed by atoms with E-state index in [2.05, 4.69) is 29.2 Å². The van der Waals surface area contributed by atoms with Crippen LogP contribution in [0.4, 0.5) is 0 Å². The number of aliphatic hydroxyl groups is 1. The van der Waals surface area contributed by atoms with Crippen LogP contribution >= 0.6 is 0 Å². The third-order valence-corrected chi connectivity index (χ3v) is 6.51. The number of hydrogen-bond acceptors (Lipinski definition) is 5. The van der Waals surface area contributed by atoms with Gasteiger partial charge in [0.25, 0.3) is 5.91 Å². The number of β-amino-alcohol motifs (C(OH)–C–C–N with tert-alkyl or cyclic N) is 1. The Morgan fingerprint density at radius 2 is 2.00 bits per heavy atom. The highest BCUT2D eigenvalue weighted by Crippen LogP contribution is 2.30. The molecule has 0 bridgehead atoms. The monoisotopic (exact) mass is 444 g/mol. The minimum atomic E-state index is -0.305. The SMILES string of the molecule is CN(C(=O)COc1ccc2occc2c1)[C@H](CN1CC[C@H](O)C1)c1cccc2ccccc12. The van der Waals surface area contributed by atoms with Crippen LogP contribution in [-0.4, -0.2) is 60.2 Å². The number of likely N-dealkylation sites (tertiary alicyclic amines) is 1. The Labute approximate surface area is 193 Å². The van der Waals surface area contributed by atoms with E-state index in [1.807, 2.05) is 49.5 Å². The highest BCUT2D eigenvalue weighted by atomic mass is 16.5. The molecule has 1 saturated heterocycles. The van der Waals surface area contributed by atoms with Gasteiger partial charge in [0.1, 0.15) is 11.3 Å². The molecule has 6 nitrogen and oxygen atoms in total. The highest BCUT2D eigenvalue weighted by Gasteiger charge is 2.29. The third-order valence-electron chi connectivity index (χ3n) is 6.51. The molecule has 0 aliphatic carbocycles. The first kappa shape index (κ1) is 21.5. The van der Waals surface area contributed by atoms with E-state index in [1.165, 1.54) is 0 Å². The molecule has 1 aliphatic heterocycles. The number of nitrogens with zero attached hydrogens (tertiary/aromatic N) is 2. The van der Waals surface area contributed by atoms with Gasteiger partial charge in [-0.25, -0.2) is 0 Å². The molecule has 0 saturated carbocycles. The van der Waals surface area contributed by atoms with Gasteiger partial charge in [0.05, 0.1) is 18.4 Å². The third kappa shape index (κ3) is 4.58. The van der Waals surface area contributed by atoms with E-state index >= 15 is 0 Å². The molecule has 0 radical (unpaired) electrons. The predicted molar refractivity (Wildman–Crippen MR) is 128 cm³/mol. The number of carbonyl (C=O) groups excluding carboxylic acids is 1. The number of ether oxygens (including phenoxy) is 1. The van der Waals surface area contributed by atoms with Crippen LogP contribution in [0.3, 0.4) is 0 Å². The number of carbonyl (C=O) groups is 1. The first-order valence-corrected chi connectivity index (χ1v) is 11.3. The Bertz CT molecular complexity index is 1260. The maximum Gasteiger partial charge on any atom is 0.260 e. The van der Waals surface area contributed by atoms with Crippen molar-refractivity contribution < 1.29 is 19.1 Å². The van der Waals surface area contributed by atoms with Crippen LogP contribution < -0.4 is 4.74 Å². The minimum absolute atomic E-state index is 0.0518. The lowest BCUT2D eigenvalue weighted by atomic mass is 9.97. The molecule has 2 atom stereocenters. The van der Waals surface area contributed by atoms with E-state index < -0.39 is 0 Å². The van der Waals surface area contributed by atoms with Gasteiger partial charge in [0, 0.05) is 32.1 Å². The summed E-state index contributed by atoms with van der Waals surface area (Å²) >= 11 is 0. The summed E-state index contributed by atoms with van der Waals surface area (Å²) in [4.78, 5) is 17.2. The minimum Gasteiger partial charge on any atom is -0.484 e. The second-order valence-corrected chi connectivity index (χ2v) is 8.70. The molecule has 4 aromatic rings. The zero-order valence-corrected chi connectivity index (χ0v) is 18.7. The average Bonchev–Trinajstić information content (AvgIpc) is 3.48. The molecule has 6 heteroatoms. The van der Waals surface area contributed by atoms with Crippen LogP contribution in [0, 0.1) is 0 Å². The predicted octanol–water partition coefficient (Wildman–Crippen LogP) is 4.23. The molecule has 1 N–H and O–H groups in total. The smallest absolute Gasteiger partial charge is 0.260 e. The molecule has 0 spiro atoms. The fourth-order valence-corrected chi connectivity index (χ4v) is 4.65. The molecule has 1 amide bonds. The number of benzene rings is 3. The number of rotatable bonds is 7. The second kappa shape index (κ2) is 9.25. The zero-order chi connectivity index (χ0) is 22.8. The van der Waals surface area contributed by atoms with Crippen molar-refractivity contribution in [2.75, 3.05) is 33.3 Å². The molecule has 170 valence electrons. The van der Waals surface area contributed by atoms with E-state index in [0.29, 0.717) is 18.8 Å². The molecular formula is C27H28N2O4. The molecule has 1 aromatic heterocycles. The van der Waals surface area contributed by atoms with Crippen LogP contribution in [-0.2, 0) is 4.79 Å². The lowest BCUT2D eigenvalue weighted by Gasteiger charge is -2.33. The van der Waals surface area contributed by atoms with Gasteiger partial charge in [-0.1, -0.05) is 42.5 Å². The Kier molecular flexibility index (Phi) is 6.03. The number of amides is 1. The topological polar surface area (TPSA) is 66.2 Å². The summed E-state index contributed by atoms with van der Waals surface area (Å²) in [5.74, 6) is 0.537. The summed E-state index contributed by atoms with van der Waals surface area (Å²) in [6.45, 7) is 2.06. The quantitative estimate of drug-likeness (QED) is 0.462. The molecular weight excluding hydrogens is 416 g/mol. The maximum atomic E-state index is 13.2. The van der Waals surface area contributed by atoms with E-state index in [-0.39, 0.29) is 24.7 Å². The van der Waals surface area contributed by atoms with Gasteiger partial charge in [-0.3, -0.25) is 9.69 Å². The van der Waals surface area contributed by atoms with Crippen molar-refractivity contribution in [2.45, 2.75) is 18.6 Å². The van der Waals surface area contributed by atoms with Crippen LogP contribution in [0.1, 0.15) is 18.0 Å². The lowest BCUT2D eigenvalue weighted by Crippen LogP contribution is -2.41. The molecule has 2 heterocycles. The molecule has 0 unspecified atom stereocenters. The van der Waals surface area contributed by atoms with Crippen molar-refractivity contribution in [3.63, 3.8) is 0 Å². The van der Waals surface area contributed by atoms with Crippen LogP contribution in [0.25, 0.3) is 21.7 Å². The Morgan fingerprint density at radius 3 is 2.85 bits per heavy atom. The van der Waals surface area contributed by atoms with E-state index in [4.69, 9.17) is 9.15 Å². The van der Waals surface area contributed by atoms with Crippen molar-refractivity contribution in [2.24, 2.45) is 0 Å². The highest BCUT2D eigenvalue weighted by molar-refractivity contribution is 5.87. The first-order valence-electron chi connectivity index (χ1n) is 11.3. The van der Waals surface area contributed by atoms with Crippen molar-refractivity contribution in [3.05, 3.63) is 78.6 Å². The van der Waals surface area contributed by atoms with E-state index in [1.54, 1.807) is 11.2 Å². The van der Waals surface area contributed by atoms with Gasteiger partial charge in [0.2, 0.25) is 0 Å². The van der Waals surface area contributed by atoms with Gasteiger partial charge in [-0.15, -0.1) is 0 Å². The number of furan rings is 1. The van der Waals surface area contributed by atoms with Crippen molar-refractivity contribution in [1.82, 2.24) is 9.80 Å². The van der Waals surface area contributed by atoms with Crippen LogP contribution in [0.15, 0.2) is 77.4 Å². The van der Waals surface area contributed by atoms with Gasteiger partial charge >= 0.3 is 0 Å². The number of fused-ring (bicyclic) bond motifs is 2. The summed E-state index contributed by atoms with van der Waals surface area (Å²) in [6.07, 6.45) is 2.09. The van der Waals surface area contributed by atoms with Crippen LogP contribution in [0.2, 0.25) is 0 Å². The van der Waals surface area contributed by atoms with E-state index in [9.17, 15) is 9.90 Å². The molecule has 33 heavy (non-hydrogen) atoms. The van der Waals surface area contributed by atoms with Gasteiger partial charge in [0.15, 0.2) is 6.61 Å². The summed E-state index contributed by atoms with van der Waals surface area (Å²) in [6, 6.07) is 21.7.